The van der Waals surface area contributed by atoms with E-state index in [-0.39, 0.29) is 4.90 Å². The predicted molar refractivity (Wildman–Crippen MR) is 91.9 cm³/mol. The normalized spacial score (nSPS) is 25.0. The number of hydrogen-bond acceptors (Lipinski definition) is 4. The highest BCUT2D eigenvalue weighted by Gasteiger charge is 2.30. The summed E-state index contributed by atoms with van der Waals surface area (Å²) in [7, 11) is -1.34. The van der Waals surface area contributed by atoms with Crippen LogP contribution >= 0.6 is 0 Å². The molecule has 5 nitrogen and oxygen atoms in total. The second-order valence-corrected chi connectivity index (χ2v) is 8.73. The fraction of sp³-hybridized carbons (Fsp3) is 0.647. The third kappa shape index (κ3) is 3.96. The van der Waals surface area contributed by atoms with Gasteiger partial charge in [-0.15, -0.1) is 0 Å². The van der Waals surface area contributed by atoms with Crippen LogP contribution in [0.1, 0.15) is 19.3 Å². The van der Waals surface area contributed by atoms with Crippen LogP contribution in [0, 0.1) is 5.82 Å². The summed E-state index contributed by atoms with van der Waals surface area (Å²) in [6, 6.07) is 5.66. The average Bonchev–Trinajstić information content (AvgIpc) is 2.58. The van der Waals surface area contributed by atoms with E-state index in [4.69, 9.17) is 0 Å². The fourth-order valence-corrected chi connectivity index (χ4v) is 5.00. The van der Waals surface area contributed by atoms with Gasteiger partial charge in [-0.25, -0.2) is 12.8 Å². The van der Waals surface area contributed by atoms with Gasteiger partial charge in [-0.2, -0.15) is 4.31 Å². The van der Waals surface area contributed by atoms with Crippen molar-refractivity contribution in [2.75, 3.05) is 46.3 Å². The van der Waals surface area contributed by atoms with E-state index < -0.39 is 15.8 Å². The lowest BCUT2D eigenvalue weighted by Crippen LogP contribution is -2.52. The summed E-state index contributed by atoms with van der Waals surface area (Å²) < 4.78 is 39.8. The third-order valence-electron chi connectivity index (χ3n) is 5.17. The van der Waals surface area contributed by atoms with Crippen LogP contribution in [0.25, 0.3) is 0 Å². The number of likely N-dealkylation sites (N-methyl/N-ethyl adjacent to an activating group) is 1. The average molecular weight is 355 g/mol. The van der Waals surface area contributed by atoms with E-state index in [1.807, 2.05) is 0 Å². The molecule has 3 rings (SSSR count). The summed E-state index contributed by atoms with van der Waals surface area (Å²) in [5.41, 5.74) is 0. The molecule has 0 bridgehead atoms. The van der Waals surface area contributed by atoms with Gasteiger partial charge in [0.1, 0.15) is 5.82 Å². The van der Waals surface area contributed by atoms with Gasteiger partial charge in [0.25, 0.3) is 0 Å². The van der Waals surface area contributed by atoms with E-state index >= 15 is 0 Å². The molecule has 0 aromatic heterocycles. The summed E-state index contributed by atoms with van der Waals surface area (Å²) in [6.45, 7) is 4.67. The zero-order chi connectivity index (χ0) is 17.2. The first-order valence-electron chi connectivity index (χ1n) is 8.65. The molecule has 0 saturated carbocycles. The Balaban J connectivity index is 1.57. The van der Waals surface area contributed by atoms with E-state index in [1.165, 1.54) is 47.8 Å². The molecule has 0 N–H and O–H groups in total. The summed E-state index contributed by atoms with van der Waals surface area (Å²) in [5.74, 6) is -0.421. The number of benzene rings is 1. The number of nitrogens with zero attached hydrogens (tertiary/aromatic N) is 3. The van der Waals surface area contributed by atoms with E-state index in [0.717, 1.165) is 26.2 Å². The van der Waals surface area contributed by atoms with Crippen molar-refractivity contribution >= 4 is 10.0 Å². The molecule has 134 valence electrons. The number of likely N-dealkylation sites (tertiary alicyclic amines) is 1. The van der Waals surface area contributed by atoms with Gasteiger partial charge in [0.15, 0.2) is 0 Å². The lowest BCUT2D eigenvalue weighted by molar-refractivity contribution is 0.106. The van der Waals surface area contributed by atoms with Gasteiger partial charge in [-0.3, -0.25) is 4.90 Å². The standard InChI is InChI=1S/C17H26FN3O2S/c1-19-9-3-2-4-16(19)14-20-10-12-21(13-11-20)24(22,23)17-7-5-15(18)6-8-17/h5-8,16H,2-4,9-14H2,1H3. The van der Waals surface area contributed by atoms with Crippen molar-refractivity contribution in [2.45, 2.75) is 30.2 Å². The molecule has 1 unspecified atom stereocenters. The monoisotopic (exact) mass is 355 g/mol. The number of hydrogen-bond donors (Lipinski definition) is 0. The summed E-state index contributed by atoms with van der Waals surface area (Å²) in [6.07, 6.45) is 3.79. The zero-order valence-corrected chi connectivity index (χ0v) is 15.0. The van der Waals surface area contributed by atoms with E-state index in [2.05, 4.69) is 16.8 Å². The van der Waals surface area contributed by atoms with Crippen LogP contribution in [0.5, 0.6) is 0 Å². The molecule has 7 heteroatoms. The number of piperidine rings is 1. The van der Waals surface area contributed by atoms with Gasteiger partial charge in [-0.05, 0) is 50.7 Å². The molecule has 2 aliphatic heterocycles. The molecule has 2 fully saturated rings. The second kappa shape index (κ2) is 7.47. The minimum absolute atomic E-state index is 0.171. The molecule has 24 heavy (non-hydrogen) atoms. The van der Waals surface area contributed by atoms with Crippen molar-refractivity contribution < 1.29 is 12.8 Å². The Morgan fingerprint density at radius 2 is 1.71 bits per heavy atom. The molecule has 1 aromatic carbocycles. The lowest BCUT2D eigenvalue weighted by atomic mass is 10.0. The van der Waals surface area contributed by atoms with Gasteiger partial charge in [0.05, 0.1) is 4.90 Å². The van der Waals surface area contributed by atoms with Crippen LogP contribution in [0.15, 0.2) is 29.2 Å². The van der Waals surface area contributed by atoms with Crippen LogP contribution < -0.4 is 0 Å². The smallest absolute Gasteiger partial charge is 0.243 e. The highest BCUT2D eigenvalue weighted by Crippen LogP contribution is 2.20. The van der Waals surface area contributed by atoms with E-state index in [9.17, 15) is 12.8 Å². The number of piperazine rings is 1. The Morgan fingerprint density at radius 3 is 2.33 bits per heavy atom. The molecule has 0 amide bonds. The van der Waals surface area contributed by atoms with Crippen molar-refractivity contribution in [3.05, 3.63) is 30.1 Å². The molecule has 1 aromatic rings. The first-order chi connectivity index (χ1) is 11.5. The fourth-order valence-electron chi connectivity index (χ4n) is 3.58. The van der Waals surface area contributed by atoms with Crippen LogP contribution in [-0.2, 0) is 10.0 Å². The second-order valence-electron chi connectivity index (χ2n) is 6.79. The van der Waals surface area contributed by atoms with Crippen molar-refractivity contribution in [1.29, 1.82) is 0 Å². The highest BCUT2D eigenvalue weighted by molar-refractivity contribution is 7.89. The maximum Gasteiger partial charge on any atom is 0.243 e. The van der Waals surface area contributed by atoms with Crippen molar-refractivity contribution in [2.24, 2.45) is 0 Å². The summed E-state index contributed by atoms with van der Waals surface area (Å²) >= 11 is 0. The molecule has 2 aliphatic rings. The highest BCUT2D eigenvalue weighted by atomic mass is 32.2. The molecule has 0 radical (unpaired) electrons. The molecular weight excluding hydrogens is 329 g/mol. The lowest BCUT2D eigenvalue weighted by Gasteiger charge is -2.39. The number of rotatable bonds is 4. The SMILES string of the molecule is CN1CCCCC1CN1CCN(S(=O)(=O)c2ccc(F)cc2)CC1. The van der Waals surface area contributed by atoms with Crippen LogP contribution in [0.3, 0.4) is 0 Å². The molecule has 0 aliphatic carbocycles. The molecule has 2 heterocycles. The zero-order valence-electron chi connectivity index (χ0n) is 14.2. The minimum Gasteiger partial charge on any atom is -0.302 e. The van der Waals surface area contributed by atoms with Gasteiger partial charge >= 0.3 is 0 Å². The van der Waals surface area contributed by atoms with Gasteiger partial charge in [0, 0.05) is 38.8 Å². The molecule has 1 atom stereocenters. The van der Waals surface area contributed by atoms with Gasteiger partial charge in [-0.1, -0.05) is 6.42 Å². The van der Waals surface area contributed by atoms with Gasteiger partial charge in [0.2, 0.25) is 10.0 Å². The van der Waals surface area contributed by atoms with Crippen LogP contribution in [0.4, 0.5) is 4.39 Å². The maximum atomic E-state index is 13.0. The van der Waals surface area contributed by atoms with Crippen molar-refractivity contribution in [3.63, 3.8) is 0 Å². The Morgan fingerprint density at radius 1 is 1.04 bits per heavy atom. The van der Waals surface area contributed by atoms with Crippen molar-refractivity contribution in [3.8, 4) is 0 Å². The van der Waals surface area contributed by atoms with Crippen LogP contribution in [-0.4, -0.2) is 74.9 Å². The predicted octanol–water partition coefficient (Wildman–Crippen LogP) is 1.62. The number of halogens is 1. The molecule has 2 saturated heterocycles. The first-order valence-corrected chi connectivity index (χ1v) is 10.1. The minimum atomic E-state index is -3.52. The summed E-state index contributed by atoms with van der Waals surface area (Å²) in [4.78, 5) is 4.96. The van der Waals surface area contributed by atoms with Crippen molar-refractivity contribution in [1.82, 2.24) is 14.1 Å². The number of sulfonamides is 1. The van der Waals surface area contributed by atoms with E-state index in [0.29, 0.717) is 19.1 Å². The van der Waals surface area contributed by atoms with Gasteiger partial charge < -0.3 is 4.90 Å². The van der Waals surface area contributed by atoms with Crippen LogP contribution in [0.2, 0.25) is 0 Å². The molecular formula is C17H26FN3O2S. The topological polar surface area (TPSA) is 43.9 Å². The van der Waals surface area contributed by atoms with E-state index in [1.54, 1.807) is 0 Å². The summed E-state index contributed by atoms with van der Waals surface area (Å²) in [5, 5.41) is 0. The maximum absolute atomic E-state index is 13.0. The Hall–Kier alpha value is -1.02. The Kier molecular flexibility index (Phi) is 5.54. The third-order valence-corrected chi connectivity index (χ3v) is 7.09. The Labute approximate surface area is 144 Å². The Bertz CT molecular complexity index is 642. The first kappa shape index (κ1) is 17.8. The quantitative estimate of drug-likeness (QED) is 0.823. The molecule has 0 spiro atoms. The largest absolute Gasteiger partial charge is 0.302 e.